The van der Waals surface area contributed by atoms with Crippen LogP contribution in [0.2, 0.25) is 5.02 Å². The van der Waals surface area contributed by atoms with Gasteiger partial charge in [0.1, 0.15) is 29.1 Å². The van der Waals surface area contributed by atoms with E-state index in [2.05, 4.69) is 5.32 Å². The first-order valence-electron chi connectivity index (χ1n) is 11.8. The fourth-order valence-corrected chi connectivity index (χ4v) is 4.75. The smallest absolute Gasteiger partial charge is 0.274 e. The zero-order valence-corrected chi connectivity index (χ0v) is 21.6. The van der Waals surface area contributed by atoms with Crippen LogP contribution >= 0.6 is 11.6 Å². The van der Waals surface area contributed by atoms with Crippen LogP contribution in [0.25, 0.3) is 0 Å². The largest absolute Gasteiger partial charge is 0.497 e. The minimum absolute atomic E-state index is 0.000667. The normalized spacial score (nSPS) is 18.0. The van der Waals surface area contributed by atoms with E-state index in [4.69, 9.17) is 16.3 Å². The summed E-state index contributed by atoms with van der Waals surface area (Å²) in [4.78, 5) is 41.2. The van der Waals surface area contributed by atoms with E-state index in [0.29, 0.717) is 10.6 Å². The van der Waals surface area contributed by atoms with Crippen LogP contribution in [0, 0.1) is 18.6 Å². The van der Waals surface area contributed by atoms with E-state index >= 15 is 8.78 Å². The maximum Gasteiger partial charge on any atom is 0.274 e. The third kappa shape index (κ3) is 5.27. The van der Waals surface area contributed by atoms with Crippen molar-refractivity contribution < 1.29 is 28.2 Å². The lowest BCUT2D eigenvalue weighted by molar-refractivity contribution is -0.118. The maximum atomic E-state index is 15.2. The van der Waals surface area contributed by atoms with E-state index in [1.165, 1.54) is 49.1 Å². The van der Waals surface area contributed by atoms with Gasteiger partial charge in [-0.3, -0.25) is 14.4 Å². The number of hydrogen-bond acceptors (Lipinski definition) is 5. The van der Waals surface area contributed by atoms with Crippen molar-refractivity contribution in [2.45, 2.75) is 38.5 Å². The molecule has 38 heavy (non-hydrogen) atoms. The molecule has 200 valence electrons. The number of methoxy groups -OCH3 is 1. The van der Waals surface area contributed by atoms with Crippen LogP contribution in [0.3, 0.4) is 0 Å². The topological polar surface area (TPSA) is 101 Å². The Kier molecular flexibility index (Phi) is 7.84. The van der Waals surface area contributed by atoms with E-state index in [1.807, 2.05) is 0 Å². The number of carbonyl (C=O) groups excluding carboxylic acids is 2. The first kappa shape index (κ1) is 27.3. The second-order valence-corrected chi connectivity index (χ2v) is 9.61. The first-order chi connectivity index (χ1) is 18.0. The Labute approximate surface area is 222 Å². The third-order valence-corrected chi connectivity index (χ3v) is 6.69. The lowest BCUT2D eigenvalue weighted by Crippen LogP contribution is -2.45. The minimum Gasteiger partial charge on any atom is -0.497 e. The standard InChI is InChI=1S/C27H26ClF2N3O5/c1-14-8-9-32(12-15(2)34)27(37)24(14)33-13-19(22-20(29)10-18(38-3)11-21(22)30)23(26(33)36)31-25(35)16-4-6-17(28)7-5-16/h4-11,15,19,23,34H,12-13H2,1-3H3,(H,31,35)/t15?,19-,23-/m0/s1. The summed E-state index contributed by atoms with van der Waals surface area (Å²) in [6, 6.07) is 8.10. The fraction of sp³-hybridized carbons (Fsp3) is 0.296. The van der Waals surface area contributed by atoms with Gasteiger partial charge in [0, 0.05) is 46.9 Å². The second kappa shape index (κ2) is 10.9. The maximum absolute atomic E-state index is 15.2. The quantitative estimate of drug-likeness (QED) is 0.474. The summed E-state index contributed by atoms with van der Waals surface area (Å²) in [7, 11) is 1.26. The molecule has 11 heteroatoms. The van der Waals surface area contributed by atoms with Gasteiger partial charge in [0.25, 0.3) is 11.5 Å². The van der Waals surface area contributed by atoms with E-state index in [0.717, 1.165) is 17.0 Å². The van der Waals surface area contributed by atoms with Gasteiger partial charge in [-0.05, 0) is 49.7 Å². The monoisotopic (exact) mass is 545 g/mol. The molecular formula is C27H26ClF2N3O5. The highest BCUT2D eigenvalue weighted by Gasteiger charge is 2.46. The molecule has 1 fully saturated rings. The number of benzene rings is 2. The molecule has 2 heterocycles. The number of aliphatic hydroxyl groups excluding tert-OH is 1. The molecule has 1 unspecified atom stereocenters. The van der Waals surface area contributed by atoms with E-state index in [9.17, 15) is 19.5 Å². The SMILES string of the molecule is COc1cc(F)c([C@@H]2CN(c3c(C)ccn(CC(C)O)c3=O)C(=O)[C@H]2NC(=O)c2ccc(Cl)cc2)c(F)c1. The van der Waals surface area contributed by atoms with Crippen molar-refractivity contribution in [2.24, 2.45) is 0 Å². The van der Waals surface area contributed by atoms with Gasteiger partial charge < -0.3 is 24.6 Å². The van der Waals surface area contributed by atoms with Crippen LogP contribution in [0.1, 0.15) is 34.3 Å². The number of carbonyl (C=O) groups is 2. The molecule has 8 nitrogen and oxygen atoms in total. The molecule has 0 saturated carbocycles. The lowest BCUT2D eigenvalue weighted by Gasteiger charge is -2.20. The molecule has 3 atom stereocenters. The predicted molar refractivity (Wildman–Crippen MR) is 138 cm³/mol. The number of aryl methyl sites for hydroxylation is 1. The summed E-state index contributed by atoms with van der Waals surface area (Å²) in [5.74, 6) is -4.49. The average molecular weight is 546 g/mol. The zero-order chi connectivity index (χ0) is 27.7. The van der Waals surface area contributed by atoms with Crippen molar-refractivity contribution in [3.8, 4) is 5.75 Å². The molecule has 0 aliphatic carbocycles. The van der Waals surface area contributed by atoms with Gasteiger partial charge >= 0.3 is 0 Å². The number of anilines is 1. The zero-order valence-electron chi connectivity index (χ0n) is 20.9. The Balaban J connectivity index is 1.80. The number of rotatable bonds is 7. The summed E-state index contributed by atoms with van der Waals surface area (Å²) >= 11 is 5.90. The number of aliphatic hydroxyl groups is 1. The van der Waals surface area contributed by atoms with E-state index in [1.54, 1.807) is 13.0 Å². The predicted octanol–water partition coefficient (Wildman–Crippen LogP) is 3.41. The first-order valence-corrected chi connectivity index (χ1v) is 12.2. The molecule has 1 aliphatic rings. The van der Waals surface area contributed by atoms with Crippen LogP contribution in [-0.4, -0.2) is 47.3 Å². The Morgan fingerprint density at radius 3 is 2.39 bits per heavy atom. The molecule has 3 aromatic rings. The number of amides is 2. The summed E-state index contributed by atoms with van der Waals surface area (Å²) in [5.41, 5.74) is -0.338. The van der Waals surface area contributed by atoms with Crippen molar-refractivity contribution >= 4 is 29.1 Å². The molecule has 2 amide bonds. The van der Waals surface area contributed by atoms with Crippen molar-refractivity contribution in [3.05, 3.63) is 92.4 Å². The van der Waals surface area contributed by atoms with E-state index in [-0.39, 0.29) is 30.1 Å². The number of ether oxygens (including phenoxy) is 1. The Hall–Kier alpha value is -3.76. The van der Waals surface area contributed by atoms with Crippen molar-refractivity contribution in [1.82, 2.24) is 9.88 Å². The molecule has 0 radical (unpaired) electrons. The molecule has 2 aromatic carbocycles. The van der Waals surface area contributed by atoms with Gasteiger partial charge in [-0.15, -0.1) is 0 Å². The highest BCUT2D eigenvalue weighted by atomic mass is 35.5. The van der Waals surface area contributed by atoms with Gasteiger partial charge in [0.05, 0.1) is 19.8 Å². The van der Waals surface area contributed by atoms with Crippen molar-refractivity contribution in [1.29, 1.82) is 0 Å². The average Bonchev–Trinajstić information content (AvgIpc) is 3.16. The fourth-order valence-electron chi connectivity index (χ4n) is 4.62. The van der Waals surface area contributed by atoms with Gasteiger partial charge in [-0.2, -0.15) is 0 Å². The lowest BCUT2D eigenvalue weighted by atomic mass is 9.92. The van der Waals surface area contributed by atoms with Crippen molar-refractivity contribution in [2.75, 3.05) is 18.6 Å². The molecule has 0 bridgehead atoms. The second-order valence-electron chi connectivity index (χ2n) is 9.17. The number of halogens is 3. The Bertz CT molecular complexity index is 1420. The van der Waals surface area contributed by atoms with Gasteiger partial charge in [-0.25, -0.2) is 8.78 Å². The molecule has 2 N–H and O–H groups in total. The van der Waals surface area contributed by atoms with Gasteiger partial charge in [0.2, 0.25) is 5.91 Å². The number of nitrogens with zero attached hydrogens (tertiary/aromatic N) is 2. The summed E-state index contributed by atoms with van der Waals surface area (Å²) < 4.78 is 36.6. The number of hydrogen-bond donors (Lipinski definition) is 2. The third-order valence-electron chi connectivity index (χ3n) is 6.44. The highest BCUT2D eigenvalue weighted by molar-refractivity contribution is 6.30. The molecule has 1 saturated heterocycles. The molecule has 1 aromatic heterocycles. The van der Waals surface area contributed by atoms with Crippen molar-refractivity contribution in [3.63, 3.8) is 0 Å². The molecule has 0 spiro atoms. The van der Waals surface area contributed by atoms with E-state index < -0.39 is 52.6 Å². The van der Waals surface area contributed by atoms with Crippen LogP contribution in [0.4, 0.5) is 14.5 Å². The summed E-state index contributed by atoms with van der Waals surface area (Å²) in [5, 5.41) is 12.8. The van der Waals surface area contributed by atoms with Crippen LogP contribution in [0.5, 0.6) is 5.75 Å². The van der Waals surface area contributed by atoms with Crippen LogP contribution in [-0.2, 0) is 11.3 Å². The Morgan fingerprint density at radius 2 is 1.82 bits per heavy atom. The molecule has 4 rings (SSSR count). The minimum atomic E-state index is -1.39. The van der Waals surface area contributed by atoms with Crippen LogP contribution in [0.15, 0.2) is 53.5 Å². The number of pyridine rings is 1. The highest BCUT2D eigenvalue weighted by Crippen LogP contribution is 2.36. The van der Waals surface area contributed by atoms with Crippen LogP contribution < -0.4 is 20.5 Å². The molecule has 1 aliphatic heterocycles. The number of aromatic nitrogens is 1. The number of nitrogens with one attached hydrogen (secondary N) is 1. The molecular weight excluding hydrogens is 520 g/mol. The van der Waals surface area contributed by atoms with Gasteiger partial charge in [0.15, 0.2) is 0 Å². The van der Waals surface area contributed by atoms with Gasteiger partial charge in [-0.1, -0.05) is 11.6 Å². The summed E-state index contributed by atoms with van der Waals surface area (Å²) in [6.07, 6.45) is 0.660. The summed E-state index contributed by atoms with van der Waals surface area (Å²) in [6.45, 7) is 2.84. The Morgan fingerprint density at radius 1 is 1.18 bits per heavy atom.